The van der Waals surface area contributed by atoms with Crippen LogP contribution in [-0.2, 0) is 24.3 Å². The molecular weight excluding hydrogens is 624 g/mol. The van der Waals surface area contributed by atoms with E-state index in [9.17, 15) is 14.0 Å². The minimum Gasteiger partial charge on any atom is -0.497 e. The normalized spacial score (nSPS) is 14.3. The molecule has 9 nitrogen and oxygen atoms in total. The number of halogens is 1. The first kappa shape index (κ1) is 31.2. The number of ether oxygens (including phenoxy) is 1. The topological polar surface area (TPSA) is 102 Å². The maximum Gasteiger partial charge on any atom is 0.261 e. The standard InChI is InChI=1S/C34H31FN6O3S2/c1-44-27-15-11-24(12-16-27)28-20-29(25-9-13-26(35)14-10-25)41(39-28)32(42)22-46-34-38-37-31(21-36-33(43)30-8-5-19-45-30)40(34)18-17-23-6-3-2-4-7-23/h2-16,19,29H,17-18,20-22H2,1H3,(H,36,43)/t29-/m0/s1. The Balaban J connectivity index is 1.21. The van der Waals surface area contributed by atoms with Gasteiger partial charge in [-0.15, -0.1) is 21.5 Å². The van der Waals surface area contributed by atoms with Crippen LogP contribution in [0.1, 0.15) is 44.6 Å². The molecule has 1 aliphatic rings. The van der Waals surface area contributed by atoms with Gasteiger partial charge in [-0.1, -0.05) is 60.3 Å². The van der Waals surface area contributed by atoms with E-state index < -0.39 is 0 Å². The van der Waals surface area contributed by atoms with Gasteiger partial charge in [-0.05, 0) is 71.0 Å². The van der Waals surface area contributed by atoms with E-state index in [1.54, 1.807) is 25.3 Å². The molecule has 1 atom stereocenters. The number of carbonyl (C=O) groups excluding carboxylic acids is 2. The van der Waals surface area contributed by atoms with Crippen molar-refractivity contribution in [2.45, 2.75) is 37.1 Å². The van der Waals surface area contributed by atoms with E-state index >= 15 is 0 Å². The molecule has 1 N–H and O–H groups in total. The number of nitrogens with zero attached hydrogens (tertiary/aromatic N) is 5. The number of carbonyl (C=O) groups is 2. The number of benzene rings is 3. The highest BCUT2D eigenvalue weighted by Gasteiger charge is 2.33. The van der Waals surface area contributed by atoms with Gasteiger partial charge in [0.15, 0.2) is 11.0 Å². The van der Waals surface area contributed by atoms with E-state index in [0.29, 0.717) is 28.8 Å². The summed E-state index contributed by atoms with van der Waals surface area (Å²) >= 11 is 2.64. The van der Waals surface area contributed by atoms with Gasteiger partial charge in [-0.25, -0.2) is 9.40 Å². The second-order valence-electron chi connectivity index (χ2n) is 10.5. The predicted octanol–water partition coefficient (Wildman–Crippen LogP) is 6.13. The summed E-state index contributed by atoms with van der Waals surface area (Å²) in [6, 6.07) is 27.0. The quantitative estimate of drug-likeness (QED) is 0.163. The van der Waals surface area contributed by atoms with E-state index in [4.69, 9.17) is 9.84 Å². The molecular formula is C34H31FN6O3S2. The van der Waals surface area contributed by atoms with Crippen LogP contribution in [0.4, 0.5) is 4.39 Å². The lowest BCUT2D eigenvalue weighted by Gasteiger charge is -2.22. The highest BCUT2D eigenvalue weighted by atomic mass is 32.2. The van der Waals surface area contributed by atoms with Gasteiger partial charge in [0.25, 0.3) is 11.8 Å². The van der Waals surface area contributed by atoms with Crippen molar-refractivity contribution in [3.63, 3.8) is 0 Å². The van der Waals surface area contributed by atoms with Crippen LogP contribution in [0.5, 0.6) is 5.75 Å². The summed E-state index contributed by atoms with van der Waals surface area (Å²) in [6.07, 6.45) is 1.20. The highest BCUT2D eigenvalue weighted by Crippen LogP contribution is 2.34. The SMILES string of the molecule is COc1ccc(C2=NN(C(=O)CSc3nnc(CNC(=O)c4cccs4)n3CCc3ccccc3)[C@H](c3ccc(F)cc3)C2)cc1. The van der Waals surface area contributed by atoms with Crippen LogP contribution in [0.15, 0.2) is 107 Å². The van der Waals surface area contributed by atoms with Gasteiger partial charge in [0.1, 0.15) is 11.6 Å². The van der Waals surface area contributed by atoms with Crippen molar-refractivity contribution in [2.75, 3.05) is 12.9 Å². The molecule has 0 saturated carbocycles. The molecule has 0 spiro atoms. The Morgan fingerprint density at radius 2 is 1.78 bits per heavy atom. The van der Waals surface area contributed by atoms with E-state index in [2.05, 4.69) is 27.6 Å². The molecule has 12 heteroatoms. The van der Waals surface area contributed by atoms with Gasteiger partial charge in [0, 0.05) is 13.0 Å². The van der Waals surface area contributed by atoms with Gasteiger partial charge in [0.2, 0.25) is 0 Å². The van der Waals surface area contributed by atoms with Gasteiger partial charge in [-0.3, -0.25) is 9.59 Å². The van der Waals surface area contributed by atoms with E-state index in [0.717, 1.165) is 34.6 Å². The summed E-state index contributed by atoms with van der Waals surface area (Å²) < 4.78 is 21.0. The molecule has 0 bridgehead atoms. The second-order valence-corrected chi connectivity index (χ2v) is 12.4. The zero-order valence-electron chi connectivity index (χ0n) is 25.0. The first-order valence-corrected chi connectivity index (χ1v) is 16.5. The third kappa shape index (κ3) is 7.35. The van der Waals surface area contributed by atoms with Crippen molar-refractivity contribution in [2.24, 2.45) is 5.10 Å². The average molecular weight is 655 g/mol. The fourth-order valence-corrected chi connectivity index (χ4v) is 6.63. The fraction of sp³-hybridized carbons (Fsp3) is 0.206. The summed E-state index contributed by atoms with van der Waals surface area (Å²) in [5.41, 5.74) is 3.58. The van der Waals surface area contributed by atoms with Crippen molar-refractivity contribution < 1.29 is 18.7 Å². The predicted molar refractivity (Wildman–Crippen MR) is 177 cm³/mol. The van der Waals surface area contributed by atoms with Crippen molar-refractivity contribution in [1.29, 1.82) is 0 Å². The van der Waals surface area contributed by atoms with Gasteiger partial charge in [0.05, 0.1) is 36.0 Å². The van der Waals surface area contributed by atoms with Crippen LogP contribution in [0.3, 0.4) is 0 Å². The number of thiophene rings is 1. The van der Waals surface area contributed by atoms with Crippen LogP contribution in [-0.4, -0.2) is 50.2 Å². The lowest BCUT2D eigenvalue weighted by Crippen LogP contribution is -2.28. The number of hydrogen-bond acceptors (Lipinski definition) is 8. The van der Waals surface area contributed by atoms with Gasteiger partial charge in [-0.2, -0.15) is 5.10 Å². The second kappa shape index (κ2) is 14.5. The zero-order valence-corrected chi connectivity index (χ0v) is 26.6. The molecule has 234 valence electrons. The Bertz CT molecular complexity index is 1810. The highest BCUT2D eigenvalue weighted by molar-refractivity contribution is 7.99. The first-order chi connectivity index (χ1) is 22.5. The van der Waals surface area contributed by atoms with Crippen LogP contribution in [0.2, 0.25) is 0 Å². The maximum atomic E-state index is 13.8. The van der Waals surface area contributed by atoms with Crippen molar-refractivity contribution >= 4 is 40.6 Å². The Hall–Kier alpha value is -4.81. The third-order valence-electron chi connectivity index (χ3n) is 7.58. The summed E-state index contributed by atoms with van der Waals surface area (Å²) in [5.74, 6) is 0.645. The number of nitrogens with one attached hydrogen (secondary N) is 1. The molecule has 5 aromatic rings. The van der Waals surface area contributed by atoms with Gasteiger partial charge >= 0.3 is 0 Å². The molecule has 6 rings (SSSR count). The summed E-state index contributed by atoms with van der Waals surface area (Å²) in [4.78, 5) is 27.0. The molecule has 46 heavy (non-hydrogen) atoms. The van der Waals surface area contributed by atoms with Crippen LogP contribution in [0, 0.1) is 5.82 Å². The smallest absolute Gasteiger partial charge is 0.261 e. The Morgan fingerprint density at radius 3 is 2.50 bits per heavy atom. The molecule has 3 heterocycles. The molecule has 1 aliphatic heterocycles. The number of methoxy groups -OCH3 is 1. The van der Waals surface area contributed by atoms with Crippen molar-refractivity contribution in [1.82, 2.24) is 25.1 Å². The molecule has 0 unspecified atom stereocenters. The molecule has 0 saturated heterocycles. The summed E-state index contributed by atoms with van der Waals surface area (Å²) in [5, 5.41) is 20.4. The van der Waals surface area contributed by atoms with Crippen molar-refractivity contribution in [3.8, 4) is 5.75 Å². The van der Waals surface area contributed by atoms with Gasteiger partial charge < -0.3 is 14.6 Å². The lowest BCUT2D eigenvalue weighted by molar-refractivity contribution is -0.130. The third-order valence-corrected chi connectivity index (χ3v) is 9.40. The number of aromatic nitrogens is 3. The number of hydrazone groups is 1. The maximum absolute atomic E-state index is 13.8. The van der Waals surface area contributed by atoms with Crippen LogP contribution in [0.25, 0.3) is 0 Å². The lowest BCUT2D eigenvalue weighted by atomic mass is 9.98. The van der Waals surface area contributed by atoms with Crippen molar-refractivity contribution in [3.05, 3.63) is 130 Å². The molecule has 0 radical (unpaired) electrons. The van der Waals surface area contributed by atoms with E-state index in [1.165, 1.54) is 40.2 Å². The largest absolute Gasteiger partial charge is 0.497 e. The summed E-state index contributed by atoms with van der Waals surface area (Å²) in [6.45, 7) is 0.765. The number of rotatable bonds is 12. The van der Waals surface area contributed by atoms with Crippen LogP contribution < -0.4 is 10.1 Å². The Morgan fingerprint density at radius 1 is 1.00 bits per heavy atom. The first-order valence-electron chi connectivity index (χ1n) is 14.7. The number of amides is 2. The Labute approximate surface area is 274 Å². The number of aryl methyl sites for hydroxylation is 1. The zero-order chi connectivity index (χ0) is 31.9. The number of thioether (sulfide) groups is 1. The number of hydrogen-bond donors (Lipinski definition) is 1. The molecule has 0 fully saturated rings. The van der Waals surface area contributed by atoms with E-state index in [1.807, 2.05) is 58.5 Å². The molecule has 0 aliphatic carbocycles. The molecule has 3 aromatic carbocycles. The molecule has 2 amide bonds. The Kier molecular flexibility index (Phi) is 9.85. The minimum absolute atomic E-state index is 0.0577. The van der Waals surface area contributed by atoms with Crippen LogP contribution >= 0.6 is 23.1 Å². The minimum atomic E-state index is -0.384. The monoisotopic (exact) mass is 654 g/mol. The average Bonchev–Trinajstić information content (AvgIpc) is 3.87. The fourth-order valence-electron chi connectivity index (χ4n) is 5.16. The molecule has 2 aromatic heterocycles. The summed E-state index contributed by atoms with van der Waals surface area (Å²) in [7, 11) is 1.61. The van der Waals surface area contributed by atoms with E-state index in [-0.39, 0.29) is 36.0 Å².